The van der Waals surface area contributed by atoms with Gasteiger partial charge < -0.3 is 5.11 Å². The van der Waals surface area contributed by atoms with Gasteiger partial charge in [0.2, 0.25) is 0 Å². The molecule has 0 amide bonds. The zero-order valence-corrected chi connectivity index (χ0v) is 7.06. The summed E-state index contributed by atoms with van der Waals surface area (Å²) in [6, 6.07) is 5.23. The van der Waals surface area contributed by atoms with Crippen molar-refractivity contribution in [2.45, 2.75) is 0 Å². The summed E-state index contributed by atoms with van der Waals surface area (Å²) in [6.45, 7) is 0. The molecular formula is C8H11N2O2+. The van der Waals surface area contributed by atoms with Gasteiger partial charge in [0.25, 0.3) is 5.82 Å². The number of carbonyl (C=O) groups is 1. The Morgan fingerprint density at radius 2 is 2.17 bits per heavy atom. The van der Waals surface area contributed by atoms with Crippen LogP contribution in [0.1, 0.15) is 0 Å². The molecule has 0 aliphatic heterocycles. The van der Waals surface area contributed by atoms with Gasteiger partial charge in [0.1, 0.15) is 6.20 Å². The van der Waals surface area contributed by atoms with Gasteiger partial charge in [0, 0.05) is 6.07 Å². The molecule has 0 saturated heterocycles. The molecule has 0 atom stereocenters. The Balaban J connectivity index is 3.17. The quantitative estimate of drug-likeness (QED) is 0.622. The number of aromatic nitrogens is 1. The summed E-state index contributed by atoms with van der Waals surface area (Å²) in [6.07, 6.45) is 0.539. The monoisotopic (exact) mass is 167 g/mol. The SMILES string of the molecule is CN(C)c1cccc[n+]1C(=O)O. The molecule has 0 saturated carbocycles. The number of hydrogen-bond acceptors (Lipinski definition) is 2. The van der Waals surface area contributed by atoms with Crippen molar-refractivity contribution >= 4 is 11.9 Å². The molecule has 1 heterocycles. The van der Waals surface area contributed by atoms with Crippen molar-refractivity contribution in [3.8, 4) is 0 Å². The third-order valence-electron chi connectivity index (χ3n) is 1.50. The lowest BCUT2D eigenvalue weighted by molar-refractivity contribution is -0.571. The standard InChI is InChI=1S/C8H10N2O2/c1-9(2)7-5-3-4-6-10(7)8(11)12/h3-6H,1-2H3/p+1. The van der Waals surface area contributed by atoms with Gasteiger partial charge in [-0.05, 0) is 6.07 Å². The van der Waals surface area contributed by atoms with Crippen molar-refractivity contribution in [3.63, 3.8) is 0 Å². The van der Waals surface area contributed by atoms with Crippen molar-refractivity contribution < 1.29 is 14.5 Å². The van der Waals surface area contributed by atoms with E-state index in [1.165, 1.54) is 10.8 Å². The van der Waals surface area contributed by atoms with Gasteiger partial charge in [-0.1, -0.05) is 6.07 Å². The molecule has 12 heavy (non-hydrogen) atoms. The summed E-state index contributed by atoms with van der Waals surface area (Å²) in [5.74, 6) is 0.644. The molecule has 1 N–H and O–H groups in total. The maximum Gasteiger partial charge on any atom is 0.509 e. The number of rotatable bonds is 1. The van der Waals surface area contributed by atoms with Gasteiger partial charge in [0.15, 0.2) is 0 Å². The second-order valence-electron chi connectivity index (χ2n) is 2.61. The van der Waals surface area contributed by atoms with Crippen LogP contribution < -0.4 is 9.47 Å². The minimum absolute atomic E-state index is 0.644. The van der Waals surface area contributed by atoms with Crippen LogP contribution in [0, 0.1) is 0 Å². The van der Waals surface area contributed by atoms with Crippen LogP contribution >= 0.6 is 0 Å². The van der Waals surface area contributed by atoms with Crippen molar-refractivity contribution in [3.05, 3.63) is 24.4 Å². The Bertz CT molecular complexity index is 297. The lowest BCUT2D eigenvalue weighted by Gasteiger charge is -2.05. The van der Waals surface area contributed by atoms with Gasteiger partial charge in [-0.2, -0.15) is 4.79 Å². The summed E-state index contributed by atoms with van der Waals surface area (Å²) in [7, 11) is 3.60. The van der Waals surface area contributed by atoms with Gasteiger partial charge in [-0.25, -0.2) is 0 Å². The topological polar surface area (TPSA) is 44.4 Å². The molecule has 4 nitrogen and oxygen atoms in total. The molecule has 0 unspecified atom stereocenters. The summed E-state index contributed by atoms with van der Waals surface area (Å²) in [5, 5.41) is 8.75. The second kappa shape index (κ2) is 3.21. The van der Waals surface area contributed by atoms with Crippen LogP contribution in [0.2, 0.25) is 0 Å². The summed E-state index contributed by atoms with van der Waals surface area (Å²) in [5.41, 5.74) is 0. The summed E-state index contributed by atoms with van der Waals surface area (Å²) in [4.78, 5) is 12.4. The molecule has 0 bridgehead atoms. The smallest absolute Gasteiger partial charge is 0.446 e. The van der Waals surface area contributed by atoms with Crippen LogP contribution in [0.5, 0.6) is 0 Å². The van der Waals surface area contributed by atoms with Gasteiger partial charge in [-0.15, -0.1) is 4.57 Å². The lowest BCUT2D eigenvalue weighted by atomic mass is 10.4. The predicted octanol–water partition coefficient (Wildman–Crippen LogP) is 0.566. The highest BCUT2D eigenvalue weighted by molar-refractivity contribution is 5.56. The van der Waals surface area contributed by atoms with E-state index >= 15 is 0 Å². The Morgan fingerprint density at radius 3 is 2.58 bits per heavy atom. The maximum atomic E-state index is 10.7. The predicted molar refractivity (Wildman–Crippen MR) is 44.4 cm³/mol. The molecule has 0 aromatic carbocycles. The second-order valence-corrected chi connectivity index (χ2v) is 2.61. The normalized spacial score (nSPS) is 9.50. The van der Waals surface area contributed by atoms with Crippen LogP contribution in [0.15, 0.2) is 24.4 Å². The first-order chi connectivity index (χ1) is 5.63. The molecular weight excluding hydrogens is 156 g/mol. The molecule has 1 rings (SSSR count). The van der Waals surface area contributed by atoms with Gasteiger partial charge in [-0.3, -0.25) is 4.90 Å². The van der Waals surface area contributed by atoms with E-state index in [9.17, 15) is 4.79 Å². The van der Waals surface area contributed by atoms with E-state index in [0.29, 0.717) is 5.82 Å². The van der Waals surface area contributed by atoms with Crippen molar-refractivity contribution in [2.24, 2.45) is 0 Å². The zero-order chi connectivity index (χ0) is 9.14. The molecule has 4 heteroatoms. The van der Waals surface area contributed by atoms with Crippen molar-refractivity contribution in [2.75, 3.05) is 19.0 Å². The van der Waals surface area contributed by atoms with E-state index < -0.39 is 6.09 Å². The fraction of sp³-hybridized carbons (Fsp3) is 0.250. The minimum atomic E-state index is -0.973. The van der Waals surface area contributed by atoms with E-state index in [-0.39, 0.29) is 0 Å². The van der Waals surface area contributed by atoms with Crippen molar-refractivity contribution in [1.29, 1.82) is 0 Å². The van der Waals surface area contributed by atoms with Gasteiger partial charge in [0.05, 0.1) is 14.1 Å². The molecule has 64 valence electrons. The van der Waals surface area contributed by atoms with Gasteiger partial charge >= 0.3 is 6.09 Å². The Morgan fingerprint density at radius 1 is 1.50 bits per heavy atom. The van der Waals surface area contributed by atoms with E-state index in [1.807, 2.05) is 0 Å². The van der Waals surface area contributed by atoms with E-state index in [2.05, 4.69) is 0 Å². The summed E-state index contributed by atoms with van der Waals surface area (Å²) >= 11 is 0. The van der Waals surface area contributed by atoms with Crippen molar-refractivity contribution in [1.82, 2.24) is 0 Å². The van der Waals surface area contributed by atoms with Crippen LogP contribution in [0.25, 0.3) is 0 Å². The highest BCUT2D eigenvalue weighted by Gasteiger charge is 2.15. The third-order valence-corrected chi connectivity index (χ3v) is 1.50. The number of carboxylic acid groups (broad SMARTS) is 1. The summed E-state index contributed by atoms with van der Waals surface area (Å²) < 4.78 is 1.17. The number of pyridine rings is 1. The average Bonchev–Trinajstić information content (AvgIpc) is 2.04. The average molecular weight is 167 g/mol. The Labute approximate surface area is 70.7 Å². The number of anilines is 1. The fourth-order valence-corrected chi connectivity index (χ4v) is 0.960. The maximum absolute atomic E-state index is 10.7. The first-order valence-corrected chi connectivity index (χ1v) is 3.54. The zero-order valence-electron chi connectivity index (χ0n) is 7.06. The Hall–Kier alpha value is -1.58. The molecule has 1 aromatic heterocycles. The first-order valence-electron chi connectivity index (χ1n) is 3.54. The first kappa shape index (κ1) is 8.52. The molecule has 1 aromatic rings. The lowest BCUT2D eigenvalue weighted by Crippen LogP contribution is -2.45. The Kier molecular flexibility index (Phi) is 2.28. The minimum Gasteiger partial charge on any atom is -0.446 e. The van der Waals surface area contributed by atoms with E-state index in [1.54, 1.807) is 37.2 Å². The van der Waals surface area contributed by atoms with E-state index in [0.717, 1.165) is 0 Å². The molecule has 0 fully saturated rings. The van der Waals surface area contributed by atoms with E-state index in [4.69, 9.17) is 5.11 Å². The molecule has 0 spiro atoms. The van der Waals surface area contributed by atoms with Crippen LogP contribution in [-0.4, -0.2) is 25.3 Å². The van der Waals surface area contributed by atoms with Crippen LogP contribution in [-0.2, 0) is 0 Å². The van der Waals surface area contributed by atoms with Crippen LogP contribution in [0.3, 0.4) is 0 Å². The third kappa shape index (κ3) is 1.53. The molecule has 0 aliphatic carbocycles. The number of hydrogen-bond donors (Lipinski definition) is 1. The molecule has 0 aliphatic rings. The number of nitrogens with zero attached hydrogens (tertiary/aromatic N) is 2. The fourth-order valence-electron chi connectivity index (χ4n) is 0.960. The largest absolute Gasteiger partial charge is 0.509 e. The highest BCUT2D eigenvalue weighted by Crippen LogP contribution is 2.01. The molecule has 0 radical (unpaired) electrons. The van der Waals surface area contributed by atoms with Crippen LogP contribution in [0.4, 0.5) is 10.6 Å². The highest BCUT2D eigenvalue weighted by atomic mass is 16.4.